The molecular formula is C8H7Br2N3O2. The van der Waals surface area contributed by atoms with Crippen LogP contribution in [0.3, 0.4) is 0 Å². The van der Waals surface area contributed by atoms with Crippen LogP contribution >= 0.6 is 31.9 Å². The molecule has 0 spiro atoms. The lowest BCUT2D eigenvalue weighted by Crippen LogP contribution is -2.24. The van der Waals surface area contributed by atoms with Gasteiger partial charge in [-0.15, -0.1) is 0 Å². The molecule has 80 valence electrons. The number of nitrogens with one attached hydrogen (secondary N) is 1. The molecule has 1 rings (SSSR count). The van der Waals surface area contributed by atoms with Crippen LogP contribution in [0, 0.1) is 0 Å². The number of carbonyl (C=O) groups excluding carboxylic acids is 1. The Morgan fingerprint density at radius 3 is 2.47 bits per heavy atom. The van der Waals surface area contributed by atoms with Crippen LogP contribution in [0.4, 0.5) is 4.79 Å². The summed E-state index contributed by atoms with van der Waals surface area (Å²) in [5.74, 6) is 0.106. The lowest BCUT2D eigenvalue weighted by molar-refractivity contribution is 0.249. The number of benzene rings is 1. The maximum absolute atomic E-state index is 10.3. The van der Waals surface area contributed by atoms with E-state index in [1.165, 1.54) is 6.21 Å². The average molecular weight is 337 g/mol. The fraction of sp³-hybridized carbons (Fsp3) is 0. The van der Waals surface area contributed by atoms with Crippen molar-refractivity contribution in [2.45, 2.75) is 0 Å². The number of urea groups is 1. The van der Waals surface area contributed by atoms with Gasteiger partial charge in [-0.1, -0.05) is 0 Å². The molecule has 0 unspecified atom stereocenters. The van der Waals surface area contributed by atoms with Crippen LogP contribution < -0.4 is 11.2 Å². The van der Waals surface area contributed by atoms with Gasteiger partial charge in [0, 0.05) is 0 Å². The fourth-order valence-corrected chi connectivity index (χ4v) is 2.05. The number of nitrogens with two attached hydrogens (primary N) is 1. The monoisotopic (exact) mass is 335 g/mol. The number of amides is 2. The maximum atomic E-state index is 10.3. The Morgan fingerprint density at radius 2 is 2.00 bits per heavy atom. The lowest BCUT2D eigenvalue weighted by atomic mass is 10.2. The number of hydrogen-bond acceptors (Lipinski definition) is 3. The number of carbonyl (C=O) groups is 1. The predicted molar refractivity (Wildman–Crippen MR) is 63.8 cm³/mol. The zero-order valence-corrected chi connectivity index (χ0v) is 10.5. The summed E-state index contributed by atoms with van der Waals surface area (Å²) in [7, 11) is 0. The Kier molecular flexibility index (Phi) is 4.10. The molecule has 0 aliphatic carbocycles. The summed E-state index contributed by atoms with van der Waals surface area (Å²) in [4.78, 5) is 10.3. The van der Waals surface area contributed by atoms with Crippen LogP contribution in [0.25, 0.3) is 0 Å². The van der Waals surface area contributed by atoms with Gasteiger partial charge in [-0.2, -0.15) is 5.10 Å². The number of rotatable bonds is 2. The first-order valence-corrected chi connectivity index (χ1v) is 5.36. The molecule has 0 heterocycles. The van der Waals surface area contributed by atoms with E-state index in [2.05, 4.69) is 42.4 Å². The summed E-state index contributed by atoms with van der Waals surface area (Å²) in [6, 6.07) is 2.56. The third kappa shape index (κ3) is 3.52. The Balaban J connectivity index is 2.87. The van der Waals surface area contributed by atoms with E-state index in [1.54, 1.807) is 12.1 Å². The molecule has 0 saturated heterocycles. The SMILES string of the molecule is NC(=O)NN=Cc1cc(Br)c(O)c(Br)c1. The second kappa shape index (κ2) is 5.13. The second-order valence-corrected chi connectivity index (χ2v) is 4.28. The van der Waals surface area contributed by atoms with Gasteiger partial charge in [0.15, 0.2) is 0 Å². The van der Waals surface area contributed by atoms with E-state index in [4.69, 9.17) is 5.73 Å². The normalized spacial score (nSPS) is 10.5. The molecule has 0 bridgehead atoms. The Morgan fingerprint density at radius 1 is 1.47 bits per heavy atom. The van der Waals surface area contributed by atoms with Crippen molar-refractivity contribution in [3.63, 3.8) is 0 Å². The maximum Gasteiger partial charge on any atom is 0.332 e. The van der Waals surface area contributed by atoms with Crippen molar-refractivity contribution in [2.24, 2.45) is 10.8 Å². The molecule has 0 radical (unpaired) electrons. The largest absolute Gasteiger partial charge is 0.506 e. The fourth-order valence-electron chi connectivity index (χ4n) is 0.830. The van der Waals surface area contributed by atoms with E-state index < -0.39 is 6.03 Å². The molecular weight excluding hydrogens is 330 g/mol. The summed E-state index contributed by atoms with van der Waals surface area (Å²) in [5.41, 5.74) is 7.58. The van der Waals surface area contributed by atoms with Crippen LogP contribution in [0.5, 0.6) is 5.75 Å². The molecule has 0 aliphatic heterocycles. The summed E-state index contributed by atoms with van der Waals surface area (Å²) in [5, 5.41) is 13.0. The topological polar surface area (TPSA) is 87.7 Å². The molecule has 0 saturated carbocycles. The Hall–Kier alpha value is -1.08. The number of phenols is 1. The van der Waals surface area contributed by atoms with Crippen LogP contribution in [0.15, 0.2) is 26.2 Å². The van der Waals surface area contributed by atoms with E-state index in [9.17, 15) is 9.90 Å². The van der Waals surface area contributed by atoms with Crippen molar-refractivity contribution in [3.05, 3.63) is 26.6 Å². The molecule has 0 atom stereocenters. The third-order valence-corrected chi connectivity index (χ3v) is 2.64. The number of hydrogen-bond donors (Lipinski definition) is 3. The molecule has 0 fully saturated rings. The molecule has 15 heavy (non-hydrogen) atoms. The van der Waals surface area contributed by atoms with E-state index in [1.807, 2.05) is 0 Å². The van der Waals surface area contributed by atoms with Crippen LogP contribution in [-0.2, 0) is 0 Å². The third-order valence-electron chi connectivity index (χ3n) is 1.43. The molecule has 5 nitrogen and oxygen atoms in total. The van der Waals surface area contributed by atoms with Crippen molar-refractivity contribution in [1.29, 1.82) is 0 Å². The molecule has 1 aromatic rings. The lowest BCUT2D eigenvalue weighted by Gasteiger charge is -2.01. The van der Waals surface area contributed by atoms with Crippen molar-refractivity contribution in [1.82, 2.24) is 5.43 Å². The van der Waals surface area contributed by atoms with Gasteiger partial charge in [0.05, 0.1) is 15.2 Å². The highest BCUT2D eigenvalue weighted by molar-refractivity contribution is 9.11. The van der Waals surface area contributed by atoms with Gasteiger partial charge in [0.1, 0.15) is 5.75 Å². The molecule has 1 aromatic carbocycles. The van der Waals surface area contributed by atoms with Gasteiger partial charge in [0.25, 0.3) is 0 Å². The van der Waals surface area contributed by atoms with Gasteiger partial charge in [-0.25, -0.2) is 10.2 Å². The van der Waals surface area contributed by atoms with E-state index in [0.29, 0.717) is 14.5 Å². The summed E-state index contributed by atoms with van der Waals surface area (Å²) in [6.45, 7) is 0. The van der Waals surface area contributed by atoms with Crippen molar-refractivity contribution in [2.75, 3.05) is 0 Å². The number of halogens is 2. The van der Waals surface area contributed by atoms with E-state index >= 15 is 0 Å². The molecule has 0 aliphatic rings. The molecule has 0 aromatic heterocycles. The first-order valence-electron chi connectivity index (χ1n) is 3.77. The smallest absolute Gasteiger partial charge is 0.332 e. The van der Waals surface area contributed by atoms with Crippen molar-refractivity contribution < 1.29 is 9.90 Å². The number of phenolic OH excluding ortho intramolecular Hbond substituents is 1. The van der Waals surface area contributed by atoms with Crippen LogP contribution in [-0.4, -0.2) is 17.4 Å². The minimum atomic E-state index is -0.733. The van der Waals surface area contributed by atoms with Crippen molar-refractivity contribution >= 4 is 44.1 Å². The van der Waals surface area contributed by atoms with Gasteiger partial charge < -0.3 is 10.8 Å². The highest BCUT2D eigenvalue weighted by Crippen LogP contribution is 2.32. The molecule has 4 N–H and O–H groups in total. The van der Waals surface area contributed by atoms with Gasteiger partial charge in [-0.05, 0) is 49.6 Å². The summed E-state index contributed by atoms with van der Waals surface area (Å²) >= 11 is 6.33. The van der Waals surface area contributed by atoms with E-state index in [-0.39, 0.29) is 5.75 Å². The number of primary amides is 1. The standard InChI is InChI=1S/C8H7Br2N3O2/c9-5-1-4(2-6(10)7(5)14)3-12-13-8(11)15/h1-3,14H,(H3,11,13,15). The highest BCUT2D eigenvalue weighted by atomic mass is 79.9. The number of nitrogens with zero attached hydrogens (tertiary/aromatic N) is 1. The predicted octanol–water partition coefficient (Wildman–Crippen LogP) is 1.92. The molecule has 2 amide bonds. The summed E-state index contributed by atoms with van der Waals surface area (Å²) in [6.07, 6.45) is 1.40. The van der Waals surface area contributed by atoms with Crippen LogP contribution in [0.1, 0.15) is 5.56 Å². The highest BCUT2D eigenvalue weighted by Gasteiger charge is 2.04. The molecule has 7 heteroatoms. The second-order valence-electron chi connectivity index (χ2n) is 2.57. The van der Waals surface area contributed by atoms with Crippen molar-refractivity contribution in [3.8, 4) is 5.75 Å². The minimum absolute atomic E-state index is 0.106. The average Bonchev–Trinajstić information content (AvgIpc) is 2.13. The van der Waals surface area contributed by atoms with E-state index in [0.717, 1.165) is 0 Å². The Bertz CT molecular complexity index is 397. The zero-order valence-electron chi connectivity index (χ0n) is 7.37. The summed E-state index contributed by atoms with van der Waals surface area (Å²) < 4.78 is 1.05. The Labute approximate surface area is 103 Å². The first-order chi connectivity index (χ1) is 7.00. The quantitative estimate of drug-likeness (QED) is 0.569. The van der Waals surface area contributed by atoms with Crippen LogP contribution in [0.2, 0.25) is 0 Å². The number of hydrazone groups is 1. The first kappa shape index (κ1) is 12.0. The zero-order chi connectivity index (χ0) is 11.4. The van der Waals surface area contributed by atoms with Gasteiger partial charge in [-0.3, -0.25) is 0 Å². The van der Waals surface area contributed by atoms with Gasteiger partial charge >= 0.3 is 6.03 Å². The minimum Gasteiger partial charge on any atom is -0.506 e. The number of aromatic hydroxyl groups is 1. The van der Waals surface area contributed by atoms with Gasteiger partial charge in [0.2, 0.25) is 0 Å².